The summed E-state index contributed by atoms with van der Waals surface area (Å²) in [5, 5.41) is 13.9. The molecule has 3 N–H and O–H groups in total. The number of hydrogen-bond acceptors (Lipinski definition) is 6. The molecule has 0 saturated carbocycles. The maximum absolute atomic E-state index is 10.8. The fourth-order valence-electron chi connectivity index (χ4n) is 0.726. The Kier molecular flexibility index (Phi) is 3.65. The van der Waals surface area contributed by atoms with E-state index in [-0.39, 0.29) is 23.1 Å². The lowest BCUT2D eigenvalue weighted by atomic mass is 10.3. The second-order valence-electron chi connectivity index (χ2n) is 2.29. The van der Waals surface area contributed by atoms with Crippen molar-refractivity contribution in [1.29, 1.82) is 0 Å². The number of aliphatic carboxylic acids is 1. The minimum absolute atomic E-state index is 0.101. The Morgan fingerprint density at radius 3 is 3.07 bits per heavy atom. The van der Waals surface area contributed by atoms with Gasteiger partial charge in [0.15, 0.2) is 11.7 Å². The van der Waals surface area contributed by atoms with Crippen LogP contribution in [0.25, 0.3) is 0 Å². The molecule has 7 heteroatoms. The van der Waals surface area contributed by atoms with E-state index in [9.17, 15) is 4.79 Å². The maximum atomic E-state index is 10.8. The van der Waals surface area contributed by atoms with E-state index >= 15 is 0 Å². The van der Waals surface area contributed by atoms with Crippen molar-refractivity contribution in [2.75, 3.05) is 12.3 Å². The second-order valence-corrected chi connectivity index (χ2v) is 3.18. The summed E-state index contributed by atoms with van der Waals surface area (Å²) >= 11 is 1.12. The predicted molar refractivity (Wildman–Crippen MR) is 55.5 cm³/mol. The summed E-state index contributed by atoms with van der Waals surface area (Å²) in [5.74, 6) is 0.901. The molecule has 78 valence electrons. The molecule has 15 heavy (non-hydrogen) atoms. The summed E-state index contributed by atoms with van der Waals surface area (Å²) in [6.07, 6.45) is 4.91. The number of oxime groups is 1. The molecule has 0 fully saturated rings. The fraction of sp³-hybridized carbons (Fsp3) is 0.125. The maximum Gasteiger partial charge on any atom is 0.360 e. The van der Waals surface area contributed by atoms with Gasteiger partial charge < -0.3 is 15.7 Å². The molecule has 0 amide bonds. The second kappa shape index (κ2) is 4.97. The Morgan fingerprint density at radius 2 is 2.60 bits per heavy atom. The van der Waals surface area contributed by atoms with Gasteiger partial charge in [0.1, 0.15) is 5.69 Å². The molecule has 0 atom stereocenters. The molecule has 6 nitrogen and oxygen atoms in total. The summed E-state index contributed by atoms with van der Waals surface area (Å²) in [6.45, 7) is -0.101. The quantitative estimate of drug-likeness (QED) is 0.329. The van der Waals surface area contributed by atoms with Gasteiger partial charge >= 0.3 is 5.97 Å². The van der Waals surface area contributed by atoms with Crippen LogP contribution in [-0.4, -0.2) is 28.4 Å². The third-order valence-electron chi connectivity index (χ3n) is 1.27. The van der Waals surface area contributed by atoms with Crippen molar-refractivity contribution in [3.05, 3.63) is 11.1 Å². The molecule has 0 unspecified atom stereocenters. The fourth-order valence-corrected chi connectivity index (χ4v) is 1.27. The molecule has 0 aliphatic carbocycles. The zero-order valence-electron chi connectivity index (χ0n) is 7.51. The van der Waals surface area contributed by atoms with Crippen LogP contribution in [0.2, 0.25) is 0 Å². The van der Waals surface area contributed by atoms with Crippen molar-refractivity contribution in [1.82, 2.24) is 4.98 Å². The summed E-state index contributed by atoms with van der Waals surface area (Å²) < 4.78 is 0. The Morgan fingerprint density at radius 1 is 1.87 bits per heavy atom. The number of nitrogens with zero attached hydrogens (tertiary/aromatic N) is 2. The molecular formula is C8H7N3O3S. The standard InChI is InChI=1S/C8H7N3O3S/c1-2-3-14-11-6(7(12)13)5-4-15-8(9)10-5/h1,4H,3H2,(H2,9,10)(H,12,13)/b11-6-. The molecule has 1 aromatic heterocycles. The van der Waals surface area contributed by atoms with Gasteiger partial charge in [-0.2, -0.15) is 0 Å². The lowest BCUT2D eigenvalue weighted by Crippen LogP contribution is -2.15. The minimum Gasteiger partial charge on any atom is -0.476 e. The van der Waals surface area contributed by atoms with Crippen molar-refractivity contribution < 1.29 is 14.7 Å². The SMILES string of the molecule is C#CCO/N=C(\C(=O)O)c1csc(N)n1. The van der Waals surface area contributed by atoms with Crippen LogP contribution in [0.1, 0.15) is 5.69 Å². The van der Waals surface area contributed by atoms with Crippen LogP contribution in [0.4, 0.5) is 5.13 Å². The Labute approximate surface area is 89.4 Å². The average Bonchev–Trinajstić information content (AvgIpc) is 2.59. The Balaban J connectivity index is 2.89. The van der Waals surface area contributed by atoms with Gasteiger partial charge in [0.05, 0.1) is 0 Å². The lowest BCUT2D eigenvalue weighted by molar-refractivity contribution is -0.129. The number of thiazole rings is 1. The zero-order chi connectivity index (χ0) is 11.3. The highest BCUT2D eigenvalue weighted by Gasteiger charge is 2.16. The summed E-state index contributed by atoms with van der Waals surface area (Å²) in [6, 6.07) is 0. The van der Waals surface area contributed by atoms with Crippen molar-refractivity contribution >= 4 is 28.1 Å². The van der Waals surface area contributed by atoms with Crippen LogP contribution in [0.5, 0.6) is 0 Å². The van der Waals surface area contributed by atoms with E-state index in [1.807, 2.05) is 0 Å². The number of terminal acetylenes is 1. The number of nitrogens with two attached hydrogens (primary N) is 1. The first-order valence-corrected chi connectivity index (χ1v) is 4.61. The molecule has 0 radical (unpaired) electrons. The highest BCUT2D eigenvalue weighted by atomic mass is 32.1. The van der Waals surface area contributed by atoms with E-state index < -0.39 is 5.97 Å². The molecule has 0 aliphatic heterocycles. The van der Waals surface area contributed by atoms with Crippen molar-refractivity contribution in [3.8, 4) is 12.3 Å². The van der Waals surface area contributed by atoms with Crippen LogP contribution in [-0.2, 0) is 9.63 Å². The van der Waals surface area contributed by atoms with Crippen molar-refractivity contribution in [2.45, 2.75) is 0 Å². The van der Waals surface area contributed by atoms with Gasteiger partial charge in [-0.15, -0.1) is 17.8 Å². The van der Waals surface area contributed by atoms with E-state index in [1.54, 1.807) is 0 Å². The average molecular weight is 225 g/mol. The smallest absolute Gasteiger partial charge is 0.360 e. The third kappa shape index (κ3) is 2.96. The number of rotatable bonds is 4. The van der Waals surface area contributed by atoms with Gasteiger partial charge in [-0.3, -0.25) is 0 Å². The van der Waals surface area contributed by atoms with Gasteiger partial charge in [-0.1, -0.05) is 11.1 Å². The number of carbonyl (C=O) groups is 1. The number of carboxylic acids is 1. The minimum atomic E-state index is -1.25. The molecule has 0 spiro atoms. The lowest BCUT2D eigenvalue weighted by Gasteiger charge is -1.96. The Bertz CT molecular complexity index is 433. The van der Waals surface area contributed by atoms with E-state index in [1.165, 1.54) is 5.38 Å². The molecule has 1 rings (SSSR count). The monoisotopic (exact) mass is 225 g/mol. The number of nitrogen functional groups attached to an aromatic ring is 1. The topological polar surface area (TPSA) is 97.8 Å². The van der Waals surface area contributed by atoms with Crippen LogP contribution in [0.3, 0.4) is 0 Å². The Hall–Kier alpha value is -2.07. The van der Waals surface area contributed by atoms with Crippen molar-refractivity contribution in [3.63, 3.8) is 0 Å². The summed E-state index contributed by atoms with van der Waals surface area (Å²) in [4.78, 5) is 19.1. The first-order valence-electron chi connectivity index (χ1n) is 3.73. The van der Waals surface area contributed by atoms with E-state index in [2.05, 4.69) is 20.9 Å². The summed E-state index contributed by atoms with van der Waals surface area (Å²) in [5.41, 5.74) is 5.19. The van der Waals surface area contributed by atoms with Crippen molar-refractivity contribution in [2.24, 2.45) is 5.16 Å². The zero-order valence-corrected chi connectivity index (χ0v) is 8.32. The van der Waals surface area contributed by atoms with Gasteiger partial charge in [0.2, 0.25) is 5.71 Å². The normalized spacial score (nSPS) is 10.7. The van der Waals surface area contributed by atoms with E-state index in [0.717, 1.165) is 11.3 Å². The van der Waals surface area contributed by atoms with Crippen LogP contribution < -0.4 is 5.73 Å². The third-order valence-corrected chi connectivity index (χ3v) is 1.94. The molecule has 0 bridgehead atoms. The van der Waals surface area contributed by atoms with Gasteiger partial charge in [-0.05, 0) is 0 Å². The number of anilines is 1. The van der Waals surface area contributed by atoms with E-state index in [4.69, 9.17) is 17.3 Å². The van der Waals surface area contributed by atoms with Gasteiger partial charge in [0.25, 0.3) is 0 Å². The number of aromatic nitrogens is 1. The molecule has 1 aromatic rings. The van der Waals surface area contributed by atoms with Gasteiger partial charge in [-0.25, -0.2) is 9.78 Å². The molecule has 0 saturated heterocycles. The highest BCUT2D eigenvalue weighted by Crippen LogP contribution is 2.12. The summed E-state index contributed by atoms with van der Waals surface area (Å²) in [7, 11) is 0. The van der Waals surface area contributed by atoms with E-state index in [0.29, 0.717) is 0 Å². The molecular weight excluding hydrogens is 218 g/mol. The van der Waals surface area contributed by atoms with Crippen LogP contribution in [0.15, 0.2) is 10.5 Å². The molecule has 1 heterocycles. The first kappa shape index (κ1) is 11.0. The van der Waals surface area contributed by atoms with Crippen LogP contribution in [0, 0.1) is 12.3 Å². The first-order chi connectivity index (χ1) is 7.15. The molecule has 0 aromatic carbocycles. The predicted octanol–water partition coefficient (Wildman–Crippen LogP) is 0.164. The van der Waals surface area contributed by atoms with Crippen LogP contribution >= 0.6 is 11.3 Å². The number of carboxylic acid groups (broad SMARTS) is 1. The highest BCUT2D eigenvalue weighted by molar-refractivity contribution is 7.13. The number of hydrogen-bond donors (Lipinski definition) is 2. The largest absolute Gasteiger partial charge is 0.476 e. The molecule has 0 aliphatic rings. The van der Waals surface area contributed by atoms with Gasteiger partial charge in [0, 0.05) is 5.38 Å².